The van der Waals surface area contributed by atoms with E-state index in [1.807, 2.05) is 0 Å². The molecule has 1 aliphatic rings. The van der Waals surface area contributed by atoms with Gasteiger partial charge in [0.25, 0.3) is 5.69 Å². The Labute approximate surface area is 117 Å². The first-order valence-corrected chi connectivity index (χ1v) is 6.56. The van der Waals surface area contributed by atoms with Gasteiger partial charge in [-0.1, -0.05) is 12.1 Å². The first kappa shape index (κ1) is 14.3. The molecule has 0 aromatic heterocycles. The summed E-state index contributed by atoms with van der Waals surface area (Å²) in [7, 11) is 0. The lowest BCUT2D eigenvalue weighted by Gasteiger charge is -2.27. The molecule has 1 heterocycles. The number of nitro groups is 1. The van der Waals surface area contributed by atoms with Crippen molar-refractivity contribution in [1.82, 2.24) is 10.2 Å². The van der Waals surface area contributed by atoms with Crippen LogP contribution in [0.1, 0.15) is 5.56 Å². The van der Waals surface area contributed by atoms with Gasteiger partial charge in [0.2, 0.25) is 5.91 Å². The number of carbonyl (C=O) groups excluding carboxylic acids is 1. The van der Waals surface area contributed by atoms with Crippen molar-refractivity contribution in [3.63, 3.8) is 0 Å². The van der Waals surface area contributed by atoms with E-state index in [1.54, 1.807) is 24.0 Å². The van der Waals surface area contributed by atoms with Crippen molar-refractivity contribution in [3.05, 3.63) is 33.9 Å². The molecule has 1 aromatic rings. The summed E-state index contributed by atoms with van der Waals surface area (Å²) in [4.78, 5) is 24.3. The maximum atomic E-state index is 12.0. The van der Waals surface area contributed by atoms with Gasteiger partial charge in [0.05, 0.1) is 11.5 Å². The Bertz CT molecular complexity index is 512. The highest BCUT2D eigenvalue weighted by molar-refractivity contribution is 5.82. The highest BCUT2D eigenvalue weighted by Gasteiger charge is 2.19. The van der Waals surface area contributed by atoms with Gasteiger partial charge in [-0.2, -0.15) is 0 Å². The average Bonchev–Trinajstić information content (AvgIpc) is 2.46. The summed E-state index contributed by atoms with van der Waals surface area (Å²) >= 11 is 0. The Balaban J connectivity index is 2.03. The summed E-state index contributed by atoms with van der Waals surface area (Å²) in [6, 6.07) is 4.85. The number of nitrogens with one attached hydrogen (secondary N) is 2. The Hall–Kier alpha value is -2.15. The molecular weight excluding hydrogens is 260 g/mol. The Kier molecular flexibility index (Phi) is 4.52. The van der Waals surface area contributed by atoms with Crippen LogP contribution in [0.2, 0.25) is 0 Å². The minimum atomic E-state index is -0.440. The number of nitrogens with zero attached hydrogens (tertiary/aromatic N) is 2. The van der Waals surface area contributed by atoms with Crippen LogP contribution >= 0.6 is 0 Å². The largest absolute Gasteiger partial charge is 0.370 e. The number of piperazine rings is 1. The zero-order valence-corrected chi connectivity index (χ0v) is 11.4. The molecule has 2 rings (SSSR count). The maximum absolute atomic E-state index is 12.0. The number of amides is 1. The number of carbonyl (C=O) groups is 1. The van der Waals surface area contributed by atoms with Crippen LogP contribution in [0.5, 0.6) is 0 Å². The summed E-state index contributed by atoms with van der Waals surface area (Å²) in [6.45, 7) is 4.79. The van der Waals surface area contributed by atoms with Gasteiger partial charge in [-0.05, 0) is 12.5 Å². The summed E-state index contributed by atoms with van der Waals surface area (Å²) in [5, 5.41) is 17.1. The lowest BCUT2D eigenvalue weighted by Crippen LogP contribution is -2.48. The molecule has 108 valence electrons. The zero-order chi connectivity index (χ0) is 14.5. The van der Waals surface area contributed by atoms with Crippen LogP contribution in [-0.4, -0.2) is 48.5 Å². The molecule has 1 amide bonds. The smallest absolute Gasteiger partial charge is 0.292 e. The summed E-state index contributed by atoms with van der Waals surface area (Å²) < 4.78 is 0. The van der Waals surface area contributed by atoms with Crippen LogP contribution in [0.3, 0.4) is 0 Å². The predicted molar refractivity (Wildman–Crippen MR) is 75.8 cm³/mol. The van der Waals surface area contributed by atoms with Crippen LogP contribution in [0.25, 0.3) is 0 Å². The van der Waals surface area contributed by atoms with Crippen LogP contribution in [0, 0.1) is 17.0 Å². The average molecular weight is 278 g/mol. The number of nitro benzene ring substituents is 1. The van der Waals surface area contributed by atoms with E-state index in [1.165, 1.54) is 6.07 Å². The number of hydrogen-bond acceptors (Lipinski definition) is 5. The molecule has 0 bridgehead atoms. The highest BCUT2D eigenvalue weighted by Crippen LogP contribution is 2.27. The van der Waals surface area contributed by atoms with Crippen LogP contribution in [-0.2, 0) is 4.79 Å². The van der Waals surface area contributed by atoms with Gasteiger partial charge in [-0.3, -0.25) is 14.9 Å². The zero-order valence-electron chi connectivity index (χ0n) is 11.4. The maximum Gasteiger partial charge on any atom is 0.292 e. The SMILES string of the molecule is Cc1cccc([N+](=O)[O-])c1NCC(=O)N1CCNCC1. The van der Waals surface area contributed by atoms with Crippen LogP contribution in [0.4, 0.5) is 11.4 Å². The van der Waals surface area contributed by atoms with E-state index in [-0.39, 0.29) is 18.1 Å². The van der Waals surface area contributed by atoms with Crippen molar-refractivity contribution in [2.75, 3.05) is 38.0 Å². The number of rotatable bonds is 4. The quantitative estimate of drug-likeness (QED) is 0.626. The molecule has 1 aromatic carbocycles. The molecule has 7 heteroatoms. The van der Waals surface area contributed by atoms with Crippen molar-refractivity contribution in [3.8, 4) is 0 Å². The lowest BCUT2D eigenvalue weighted by atomic mass is 10.1. The Morgan fingerprint density at radius 1 is 1.45 bits per heavy atom. The number of hydrogen-bond donors (Lipinski definition) is 2. The molecule has 1 saturated heterocycles. The number of anilines is 1. The van der Waals surface area contributed by atoms with E-state index < -0.39 is 4.92 Å². The van der Waals surface area contributed by atoms with Gasteiger partial charge in [0, 0.05) is 32.2 Å². The summed E-state index contributed by atoms with van der Waals surface area (Å²) in [5.74, 6) is -0.0379. The van der Waals surface area contributed by atoms with Gasteiger partial charge in [0.1, 0.15) is 5.69 Å². The van der Waals surface area contributed by atoms with Crippen molar-refractivity contribution >= 4 is 17.3 Å². The molecule has 2 N–H and O–H groups in total. The molecule has 0 unspecified atom stereocenters. The normalized spacial score (nSPS) is 14.9. The molecule has 7 nitrogen and oxygen atoms in total. The fourth-order valence-electron chi connectivity index (χ4n) is 2.22. The van der Waals surface area contributed by atoms with Crippen molar-refractivity contribution in [2.45, 2.75) is 6.92 Å². The second-order valence-corrected chi connectivity index (χ2v) is 4.71. The number of aryl methyl sites for hydroxylation is 1. The van der Waals surface area contributed by atoms with Gasteiger partial charge >= 0.3 is 0 Å². The van der Waals surface area contributed by atoms with Gasteiger partial charge in [-0.15, -0.1) is 0 Å². The fraction of sp³-hybridized carbons (Fsp3) is 0.462. The van der Waals surface area contributed by atoms with E-state index >= 15 is 0 Å². The van der Waals surface area contributed by atoms with Gasteiger partial charge in [0.15, 0.2) is 0 Å². The first-order chi connectivity index (χ1) is 9.59. The van der Waals surface area contributed by atoms with E-state index in [0.29, 0.717) is 18.8 Å². The van der Waals surface area contributed by atoms with Crippen molar-refractivity contribution < 1.29 is 9.72 Å². The lowest BCUT2D eigenvalue weighted by molar-refractivity contribution is -0.384. The molecular formula is C13H18N4O3. The third-order valence-corrected chi connectivity index (χ3v) is 3.33. The second-order valence-electron chi connectivity index (χ2n) is 4.71. The molecule has 1 aliphatic heterocycles. The van der Waals surface area contributed by atoms with Gasteiger partial charge < -0.3 is 15.5 Å². The van der Waals surface area contributed by atoms with E-state index in [9.17, 15) is 14.9 Å². The van der Waals surface area contributed by atoms with Gasteiger partial charge in [-0.25, -0.2) is 0 Å². The summed E-state index contributed by atoms with van der Waals surface area (Å²) in [5.41, 5.74) is 1.17. The highest BCUT2D eigenvalue weighted by atomic mass is 16.6. The Morgan fingerprint density at radius 3 is 2.80 bits per heavy atom. The second kappa shape index (κ2) is 6.33. The molecule has 0 spiro atoms. The van der Waals surface area contributed by atoms with E-state index in [2.05, 4.69) is 10.6 Å². The Morgan fingerprint density at radius 2 is 2.15 bits per heavy atom. The van der Waals surface area contributed by atoms with Crippen molar-refractivity contribution in [2.24, 2.45) is 0 Å². The predicted octanol–water partition coefficient (Wildman–Crippen LogP) is 0.747. The molecule has 1 fully saturated rings. The van der Waals surface area contributed by atoms with Crippen LogP contribution in [0.15, 0.2) is 18.2 Å². The number of benzene rings is 1. The van der Waals surface area contributed by atoms with Crippen molar-refractivity contribution in [1.29, 1.82) is 0 Å². The van der Waals surface area contributed by atoms with Crippen LogP contribution < -0.4 is 10.6 Å². The molecule has 0 radical (unpaired) electrons. The van der Waals surface area contributed by atoms with E-state index in [0.717, 1.165) is 18.7 Å². The third kappa shape index (κ3) is 3.24. The molecule has 0 atom stereocenters. The number of para-hydroxylation sites is 1. The molecule has 0 aliphatic carbocycles. The monoisotopic (exact) mass is 278 g/mol. The summed E-state index contributed by atoms with van der Waals surface area (Å²) in [6.07, 6.45) is 0. The topological polar surface area (TPSA) is 87.5 Å². The fourth-order valence-corrected chi connectivity index (χ4v) is 2.22. The van der Waals surface area contributed by atoms with E-state index in [4.69, 9.17) is 0 Å². The third-order valence-electron chi connectivity index (χ3n) is 3.33. The standard InChI is InChI=1S/C13H18N4O3/c1-10-3-2-4-11(17(19)20)13(10)15-9-12(18)16-7-5-14-6-8-16/h2-4,14-15H,5-9H2,1H3. The molecule has 0 saturated carbocycles. The first-order valence-electron chi connectivity index (χ1n) is 6.56. The minimum absolute atomic E-state index is 0.00175. The molecule has 20 heavy (non-hydrogen) atoms. The minimum Gasteiger partial charge on any atom is -0.370 e.